The summed E-state index contributed by atoms with van der Waals surface area (Å²) >= 11 is 0. The maximum absolute atomic E-state index is 14.2. The van der Waals surface area contributed by atoms with E-state index in [2.05, 4.69) is 4.90 Å². The van der Waals surface area contributed by atoms with Gasteiger partial charge in [0, 0.05) is 36.7 Å². The van der Waals surface area contributed by atoms with Gasteiger partial charge in [0.05, 0.1) is 11.5 Å². The van der Waals surface area contributed by atoms with Gasteiger partial charge in [-0.1, -0.05) is 42.5 Å². The van der Waals surface area contributed by atoms with Crippen molar-refractivity contribution in [1.29, 1.82) is 0 Å². The molecule has 2 aliphatic heterocycles. The third kappa shape index (κ3) is 4.51. The summed E-state index contributed by atoms with van der Waals surface area (Å²) in [6.07, 6.45) is 1.53. The van der Waals surface area contributed by atoms with Crippen molar-refractivity contribution in [2.24, 2.45) is 0 Å². The number of aliphatic hydroxyl groups excluding tert-OH is 1. The summed E-state index contributed by atoms with van der Waals surface area (Å²) in [5.74, 6) is -0.824. The number of hydrogen-bond donors (Lipinski definition) is 1. The lowest BCUT2D eigenvalue weighted by Crippen LogP contribution is -2.67. The van der Waals surface area contributed by atoms with Crippen LogP contribution in [0.5, 0.6) is 0 Å². The molecule has 3 atom stereocenters. The number of aliphatic hydroxyl groups is 1. The van der Waals surface area contributed by atoms with E-state index >= 15 is 0 Å². The number of halogens is 2. The lowest BCUT2D eigenvalue weighted by Gasteiger charge is -2.57. The fourth-order valence-corrected chi connectivity index (χ4v) is 6.96. The number of nitrogens with zero attached hydrogens (tertiary/aromatic N) is 2. The van der Waals surface area contributed by atoms with E-state index < -0.39 is 15.8 Å². The standard InChI is InChI=1S/C27H28F2N2O3S/c28-21-11-13-22(14-12-21)35(33,34)30-15-3-4-16-31-25(17-30)27(26(31)18-32)20-9-7-19(8-10-20)23-5-1-2-6-24(23)29/h1-2,5-14,25-27,32H,3-4,15-18H2/t25-,26+,27+/m1/s1. The van der Waals surface area contributed by atoms with Gasteiger partial charge >= 0.3 is 0 Å². The van der Waals surface area contributed by atoms with Crippen LogP contribution in [-0.4, -0.2) is 61.1 Å². The van der Waals surface area contributed by atoms with Crippen LogP contribution in [0.4, 0.5) is 8.78 Å². The molecule has 2 heterocycles. The summed E-state index contributed by atoms with van der Waals surface area (Å²) in [4.78, 5) is 2.27. The van der Waals surface area contributed by atoms with E-state index in [1.54, 1.807) is 18.2 Å². The van der Waals surface area contributed by atoms with Crippen LogP contribution in [0.25, 0.3) is 11.1 Å². The SMILES string of the molecule is O=S(=O)(c1ccc(F)cc1)N1CCCCN2[C@H](C1)[C@H](c1ccc(-c3ccccc3F)cc1)[C@@H]2CO. The molecule has 0 aliphatic carbocycles. The Hall–Kier alpha value is -2.65. The first-order valence-electron chi connectivity index (χ1n) is 11.9. The average Bonchev–Trinajstić information content (AvgIpc) is 2.84. The molecule has 5 nitrogen and oxygen atoms in total. The fourth-order valence-electron chi connectivity index (χ4n) is 5.46. The molecule has 1 N–H and O–H groups in total. The van der Waals surface area contributed by atoms with Gasteiger partial charge in [-0.2, -0.15) is 4.31 Å². The van der Waals surface area contributed by atoms with Crippen LogP contribution in [0, 0.1) is 11.6 Å². The minimum atomic E-state index is -3.78. The van der Waals surface area contributed by atoms with Crippen molar-refractivity contribution in [3.63, 3.8) is 0 Å². The van der Waals surface area contributed by atoms with Crippen molar-refractivity contribution in [1.82, 2.24) is 9.21 Å². The van der Waals surface area contributed by atoms with Gasteiger partial charge in [0.1, 0.15) is 11.6 Å². The van der Waals surface area contributed by atoms with Gasteiger partial charge in [-0.25, -0.2) is 17.2 Å². The van der Waals surface area contributed by atoms with Crippen LogP contribution in [0.15, 0.2) is 77.7 Å². The highest BCUT2D eigenvalue weighted by Crippen LogP contribution is 2.43. The van der Waals surface area contributed by atoms with Crippen LogP contribution in [0.2, 0.25) is 0 Å². The number of hydrogen-bond acceptors (Lipinski definition) is 4. The predicted octanol–water partition coefficient (Wildman–Crippen LogP) is 4.25. The van der Waals surface area contributed by atoms with Crippen LogP contribution < -0.4 is 0 Å². The van der Waals surface area contributed by atoms with Crippen molar-refractivity contribution in [3.05, 3.63) is 90.0 Å². The van der Waals surface area contributed by atoms with Crippen molar-refractivity contribution < 1.29 is 22.3 Å². The summed E-state index contributed by atoms with van der Waals surface area (Å²) in [6, 6.07) is 19.0. The van der Waals surface area contributed by atoms with Crippen molar-refractivity contribution in [2.45, 2.75) is 35.7 Å². The minimum Gasteiger partial charge on any atom is -0.395 e. The minimum absolute atomic E-state index is 0.0268. The first kappa shape index (κ1) is 24.1. The van der Waals surface area contributed by atoms with E-state index in [4.69, 9.17) is 0 Å². The van der Waals surface area contributed by atoms with Crippen molar-refractivity contribution >= 4 is 10.0 Å². The number of sulfonamides is 1. The molecule has 184 valence electrons. The molecule has 2 saturated heterocycles. The molecule has 0 amide bonds. The molecular weight excluding hydrogens is 470 g/mol. The highest BCUT2D eigenvalue weighted by molar-refractivity contribution is 7.89. The van der Waals surface area contributed by atoms with E-state index in [0.29, 0.717) is 18.5 Å². The topological polar surface area (TPSA) is 60.9 Å². The summed E-state index contributed by atoms with van der Waals surface area (Å²) in [6.45, 7) is 1.45. The van der Waals surface area contributed by atoms with E-state index in [1.807, 2.05) is 24.3 Å². The number of rotatable bonds is 5. The normalized spacial score (nSPS) is 23.7. The summed E-state index contributed by atoms with van der Waals surface area (Å²) in [5, 5.41) is 10.2. The van der Waals surface area contributed by atoms with Crippen LogP contribution in [0.1, 0.15) is 24.3 Å². The van der Waals surface area contributed by atoms with Gasteiger partial charge < -0.3 is 5.11 Å². The molecule has 0 radical (unpaired) electrons. The summed E-state index contributed by atoms with van der Waals surface area (Å²) < 4.78 is 55.8. The van der Waals surface area contributed by atoms with E-state index in [0.717, 1.165) is 36.2 Å². The summed E-state index contributed by atoms with van der Waals surface area (Å²) in [5.41, 5.74) is 2.28. The van der Waals surface area contributed by atoms with Gasteiger partial charge in [-0.3, -0.25) is 4.90 Å². The molecule has 3 aromatic carbocycles. The first-order valence-corrected chi connectivity index (χ1v) is 13.3. The Balaban J connectivity index is 1.43. The molecule has 35 heavy (non-hydrogen) atoms. The van der Waals surface area contributed by atoms with Gasteiger partial charge in [0.25, 0.3) is 0 Å². The third-order valence-electron chi connectivity index (χ3n) is 7.26. The fraction of sp³-hybridized carbons (Fsp3) is 0.333. The quantitative estimate of drug-likeness (QED) is 0.572. The van der Waals surface area contributed by atoms with Crippen LogP contribution in [0.3, 0.4) is 0 Å². The van der Waals surface area contributed by atoms with Gasteiger partial charge in [-0.15, -0.1) is 0 Å². The predicted molar refractivity (Wildman–Crippen MR) is 130 cm³/mol. The monoisotopic (exact) mass is 498 g/mol. The zero-order chi connectivity index (χ0) is 24.6. The molecule has 8 heteroatoms. The first-order chi connectivity index (χ1) is 16.9. The second-order valence-electron chi connectivity index (χ2n) is 9.21. The lowest BCUT2D eigenvalue weighted by molar-refractivity contribution is -0.0553. The second-order valence-corrected chi connectivity index (χ2v) is 11.1. The molecule has 0 bridgehead atoms. The Labute approximate surface area is 204 Å². The largest absolute Gasteiger partial charge is 0.395 e. The number of benzene rings is 3. The molecule has 0 saturated carbocycles. The summed E-state index contributed by atoms with van der Waals surface area (Å²) in [7, 11) is -3.78. The van der Waals surface area contributed by atoms with Gasteiger partial charge in [0.2, 0.25) is 10.0 Å². The second kappa shape index (κ2) is 9.78. The smallest absolute Gasteiger partial charge is 0.243 e. The van der Waals surface area contributed by atoms with Crippen LogP contribution in [-0.2, 0) is 10.0 Å². The Morgan fingerprint density at radius 1 is 0.886 bits per heavy atom. The van der Waals surface area contributed by atoms with E-state index in [9.17, 15) is 22.3 Å². The molecule has 2 aliphatic rings. The van der Waals surface area contributed by atoms with Crippen molar-refractivity contribution in [2.75, 3.05) is 26.2 Å². The third-order valence-corrected chi connectivity index (χ3v) is 9.14. The maximum Gasteiger partial charge on any atom is 0.243 e. The highest BCUT2D eigenvalue weighted by Gasteiger charge is 2.50. The van der Waals surface area contributed by atoms with Crippen LogP contribution >= 0.6 is 0 Å². The van der Waals surface area contributed by atoms with E-state index in [-0.39, 0.29) is 41.9 Å². The average molecular weight is 499 g/mol. The molecule has 0 aromatic heterocycles. The van der Waals surface area contributed by atoms with Gasteiger partial charge in [0.15, 0.2) is 0 Å². The Morgan fingerprint density at radius 3 is 2.26 bits per heavy atom. The highest BCUT2D eigenvalue weighted by atomic mass is 32.2. The zero-order valence-corrected chi connectivity index (χ0v) is 20.0. The molecular formula is C27H28F2N2O3S. The van der Waals surface area contributed by atoms with Crippen molar-refractivity contribution in [3.8, 4) is 11.1 Å². The van der Waals surface area contributed by atoms with Gasteiger partial charge in [-0.05, 0) is 60.8 Å². The molecule has 0 spiro atoms. The zero-order valence-electron chi connectivity index (χ0n) is 19.2. The molecule has 5 rings (SSSR count). The Kier molecular flexibility index (Phi) is 6.72. The number of fused-ring (bicyclic) bond motifs is 1. The Morgan fingerprint density at radius 2 is 1.57 bits per heavy atom. The van der Waals surface area contributed by atoms with E-state index in [1.165, 1.54) is 22.5 Å². The maximum atomic E-state index is 14.2. The molecule has 2 fully saturated rings. The lowest BCUT2D eigenvalue weighted by atomic mass is 9.74. The Bertz CT molecular complexity index is 1280. The molecule has 0 unspecified atom stereocenters. The molecule has 3 aromatic rings.